The van der Waals surface area contributed by atoms with Crippen molar-refractivity contribution < 1.29 is 9.15 Å². The van der Waals surface area contributed by atoms with Gasteiger partial charge in [-0.3, -0.25) is 4.90 Å². The first-order chi connectivity index (χ1) is 9.22. The summed E-state index contributed by atoms with van der Waals surface area (Å²) in [5, 5.41) is 3.17. The molecule has 0 aromatic carbocycles. The highest BCUT2D eigenvalue weighted by atomic mass is 16.5. The van der Waals surface area contributed by atoms with Crippen LogP contribution in [0.2, 0.25) is 0 Å². The highest BCUT2D eigenvalue weighted by Gasteiger charge is 2.20. The lowest BCUT2D eigenvalue weighted by atomic mass is 10.1. The summed E-state index contributed by atoms with van der Waals surface area (Å²) in [7, 11) is 1.96. The fraction of sp³-hybridized carbons (Fsp3) is 0.733. The summed E-state index contributed by atoms with van der Waals surface area (Å²) in [5.74, 6) is 2.12. The zero-order valence-electron chi connectivity index (χ0n) is 12.4. The Labute approximate surface area is 116 Å². The van der Waals surface area contributed by atoms with Gasteiger partial charge in [0.15, 0.2) is 0 Å². The Balaban J connectivity index is 1.83. The molecule has 0 atom stereocenters. The molecule has 0 amide bonds. The van der Waals surface area contributed by atoms with Crippen LogP contribution in [0, 0.1) is 6.92 Å². The van der Waals surface area contributed by atoms with E-state index >= 15 is 0 Å². The average Bonchev–Trinajstić information content (AvgIpc) is 2.73. The number of hydrogen-bond acceptors (Lipinski definition) is 4. The lowest BCUT2D eigenvalue weighted by molar-refractivity contribution is 0.0112. The highest BCUT2D eigenvalue weighted by Crippen LogP contribution is 2.19. The molecule has 1 aromatic heterocycles. The Hall–Kier alpha value is -0.840. The number of nitrogens with zero attached hydrogens (tertiary/aromatic N) is 1. The molecule has 1 aliphatic heterocycles. The predicted molar refractivity (Wildman–Crippen MR) is 76.1 cm³/mol. The predicted octanol–water partition coefficient (Wildman–Crippen LogP) is 2.31. The third-order valence-corrected chi connectivity index (χ3v) is 3.76. The van der Waals surface area contributed by atoms with Crippen LogP contribution in [0.4, 0.5) is 0 Å². The van der Waals surface area contributed by atoms with Gasteiger partial charge in [0, 0.05) is 31.8 Å². The second-order valence-electron chi connectivity index (χ2n) is 5.26. The molecule has 0 radical (unpaired) electrons. The Kier molecular flexibility index (Phi) is 5.43. The van der Waals surface area contributed by atoms with Crippen LogP contribution >= 0.6 is 0 Å². The van der Waals surface area contributed by atoms with Crippen LogP contribution < -0.4 is 5.32 Å². The average molecular weight is 266 g/mol. The van der Waals surface area contributed by atoms with Crippen molar-refractivity contribution in [3.05, 3.63) is 23.2 Å². The molecule has 1 N–H and O–H groups in total. The van der Waals surface area contributed by atoms with Crippen molar-refractivity contribution in [2.45, 2.75) is 45.9 Å². The number of rotatable bonds is 6. The smallest absolute Gasteiger partial charge is 0.118 e. The van der Waals surface area contributed by atoms with Crippen molar-refractivity contribution in [2.24, 2.45) is 0 Å². The van der Waals surface area contributed by atoms with Gasteiger partial charge in [-0.1, -0.05) is 0 Å². The van der Waals surface area contributed by atoms with Gasteiger partial charge >= 0.3 is 0 Å². The van der Waals surface area contributed by atoms with Gasteiger partial charge < -0.3 is 14.5 Å². The summed E-state index contributed by atoms with van der Waals surface area (Å²) in [6, 6.07) is 2.18. The number of nitrogens with one attached hydrogen (secondary N) is 1. The van der Waals surface area contributed by atoms with E-state index in [1.807, 2.05) is 14.0 Å². The molecule has 1 aliphatic rings. The molecule has 108 valence electrons. The minimum atomic E-state index is 0.458. The maximum Gasteiger partial charge on any atom is 0.118 e. The molecule has 2 rings (SSSR count). The standard InChI is InChI=1S/C15H26N2O2/c1-4-18-14-5-7-17(8-6-14)11-15-9-13(10-16-3)12(2)19-15/h9,14,16H,4-8,10-11H2,1-3H3. The first-order valence-corrected chi connectivity index (χ1v) is 7.29. The van der Waals surface area contributed by atoms with Crippen molar-refractivity contribution in [1.82, 2.24) is 10.2 Å². The molecular formula is C15H26N2O2. The summed E-state index contributed by atoms with van der Waals surface area (Å²) >= 11 is 0. The zero-order chi connectivity index (χ0) is 13.7. The first-order valence-electron chi connectivity index (χ1n) is 7.29. The molecule has 0 bridgehead atoms. The molecule has 1 aromatic rings. The van der Waals surface area contributed by atoms with Gasteiger partial charge in [-0.2, -0.15) is 0 Å². The Bertz CT molecular complexity index is 381. The number of piperidine rings is 1. The minimum absolute atomic E-state index is 0.458. The minimum Gasteiger partial charge on any atom is -0.465 e. The number of furan rings is 1. The molecule has 1 saturated heterocycles. The van der Waals surface area contributed by atoms with Crippen LogP contribution in [0.25, 0.3) is 0 Å². The van der Waals surface area contributed by atoms with Gasteiger partial charge in [-0.25, -0.2) is 0 Å². The SMILES string of the molecule is CCOC1CCN(Cc2cc(CNC)c(C)o2)CC1. The van der Waals surface area contributed by atoms with Gasteiger partial charge in [0.2, 0.25) is 0 Å². The van der Waals surface area contributed by atoms with E-state index in [-0.39, 0.29) is 0 Å². The molecule has 1 fully saturated rings. The lowest BCUT2D eigenvalue weighted by Gasteiger charge is -2.31. The molecule has 4 heteroatoms. The van der Waals surface area contributed by atoms with Crippen molar-refractivity contribution in [3.63, 3.8) is 0 Å². The highest BCUT2D eigenvalue weighted by molar-refractivity contribution is 5.20. The van der Waals surface area contributed by atoms with Crippen LogP contribution in [-0.2, 0) is 17.8 Å². The fourth-order valence-corrected chi connectivity index (χ4v) is 2.72. The number of hydrogen-bond donors (Lipinski definition) is 1. The van der Waals surface area contributed by atoms with Gasteiger partial charge in [0.25, 0.3) is 0 Å². The van der Waals surface area contributed by atoms with E-state index in [9.17, 15) is 0 Å². The molecule has 0 saturated carbocycles. The normalized spacial score (nSPS) is 18.1. The van der Waals surface area contributed by atoms with E-state index < -0.39 is 0 Å². The van der Waals surface area contributed by atoms with Crippen LogP contribution in [-0.4, -0.2) is 37.7 Å². The second-order valence-corrected chi connectivity index (χ2v) is 5.26. The second kappa shape index (κ2) is 7.08. The monoisotopic (exact) mass is 266 g/mol. The molecule has 0 aliphatic carbocycles. The first kappa shape index (κ1) is 14.6. The summed E-state index contributed by atoms with van der Waals surface area (Å²) in [4.78, 5) is 2.46. The molecule has 19 heavy (non-hydrogen) atoms. The van der Waals surface area contributed by atoms with E-state index in [1.54, 1.807) is 0 Å². The van der Waals surface area contributed by atoms with Crippen molar-refractivity contribution in [2.75, 3.05) is 26.7 Å². The maximum atomic E-state index is 5.83. The topological polar surface area (TPSA) is 37.6 Å². The Morgan fingerprint density at radius 3 is 2.79 bits per heavy atom. The maximum absolute atomic E-state index is 5.83. The summed E-state index contributed by atoms with van der Waals surface area (Å²) in [5.41, 5.74) is 1.27. The van der Waals surface area contributed by atoms with E-state index in [2.05, 4.69) is 23.2 Å². The van der Waals surface area contributed by atoms with Gasteiger partial charge in [0.05, 0.1) is 12.6 Å². The third-order valence-electron chi connectivity index (χ3n) is 3.76. The summed E-state index contributed by atoms with van der Waals surface area (Å²) in [6.45, 7) is 8.94. The van der Waals surface area contributed by atoms with Crippen LogP contribution in [0.15, 0.2) is 10.5 Å². The molecular weight excluding hydrogens is 240 g/mol. The molecule has 2 heterocycles. The van der Waals surface area contributed by atoms with Crippen molar-refractivity contribution >= 4 is 0 Å². The van der Waals surface area contributed by atoms with Crippen molar-refractivity contribution in [3.8, 4) is 0 Å². The third kappa shape index (κ3) is 4.06. The number of ether oxygens (including phenoxy) is 1. The van der Waals surface area contributed by atoms with E-state index in [0.717, 1.165) is 57.1 Å². The van der Waals surface area contributed by atoms with E-state index in [1.165, 1.54) is 5.56 Å². The lowest BCUT2D eigenvalue weighted by Crippen LogP contribution is -2.36. The summed E-state index contributed by atoms with van der Waals surface area (Å²) in [6.07, 6.45) is 2.73. The van der Waals surface area contributed by atoms with E-state index in [4.69, 9.17) is 9.15 Å². The quantitative estimate of drug-likeness (QED) is 0.857. The molecule has 4 nitrogen and oxygen atoms in total. The van der Waals surface area contributed by atoms with Crippen LogP contribution in [0.5, 0.6) is 0 Å². The van der Waals surface area contributed by atoms with Crippen LogP contribution in [0.3, 0.4) is 0 Å². The van der Waals surface area contributed by atoms with Gasteiger partial charge in [-0.05, 0) is 39.8 Å². The van der Waals surface area contributed by atoms with Crippen LogP contribution in [0.1, 0.15) is 36.8 Å². The van der Waals surface area contributed by atoms with Crippen molar-refractivity contribution in [1.29, 1.82) is 0 Å². The Morgan fingerprint density at radius 1 is 1.42 bits per heavy atom. The Morgan fingerprint density at radius 2 is 2.16 bits per heavy atom. The van der Waals surface area contributed by atoms with Gasteiger partial charge in [-0.15, -0.1) is 0 Å². The summed E-state index contributed by atoms with van der Waals surface area (Å²) < 4.78 is 11.5. The molecule has 0 unspecified atom stereocenters. The zero-order valence-corrected chi connectivity index (χ0v) is 12.4. The largest absolute Gasteiger partial charge is 0.465 e. The van der Waals surface area contributed by atoms with Gasteiger partial charge in [0.1, 0.15) is 11.5 Å². The number of aryl methyl sites for hydroxylation is 1. The number of likely N-dealkylation sites (tertiary alicyclic amines) is 1. The fourth-order valence-electron chi connectivity index (χ4n) is 2.72. The van der Waals surface area contributed by atoms with E-state index in [0.29, 0.717) is 6.10 Å². The molecule has 0 spiro atoms.